The van der Waals surface area contributed by atoms with Crippen molar-refractivity contribution in [3.63, 3.8) is 0 Å². The minimum atomic E-state index is 0.301. The normalized spacial score (nSPS) is 10.9. The third-order valence-corrected chi connectivity index (χ3v) is 4.49. The van der Waals surface area contributed by atoms with Crippen LogP contribution in [-0.4, -0.2) is 19.9 Å². The van der Waals surface area contributed by atoms with E-state index in [2.05, 4.69) is 15.4 Å². The van der Waals surface area contributed by atoms with Crippen molar-refractivity contribution in [2.75, 3.05) is 0 Å². The molecule has 0 unspecified atom stereocenters. The minimum absolute atomic E-state index is 0.301. The summed E-state index contributed by atoms with van der Waals surface area (Å²) in [6.07, 6.45) is 0. The van der Waals surface area contributed by atoms with Gasteiger partial charge in [0.25, 0.3) is 0 Å². The summed E-state index contributed by atoms with van der Waals surface area (Å²) in [5, 5.41) is 13.6. The summed E-state index contributed by atoms with van der Waals surface area (Å²) < 4.78 is 12.8. The molecule has 23 heavy (non-hydrogen) atoms. The molecule has 3 aromatic rings. The van der Waals surface area contributed by atoms with Gasteiger partial charge in [-0.2, -0.15) is 0 Å². The third kappa shape index (κ3) is 3.86. The van der Waals surface area contributed by atoms with E-state index in [1.807, 2.05) is 42.8 Å². The molecule has 0 spiro atoms. The molecule has 120 valence electrons. The van der Waals surface area contributed by atoms with Crippen molar-refractivity contribution in [3.05, 3.63) is 52.6 Å². The van der Waals surface area contributed by atoms with Crippen LogP contribution in [0.1, 0.15) is 17.3 Å². The van der Waals surface area contributed by atoms with Crippen LogP contribution in [0.5, 0.6) is 5.75 Å². The molecule has 0 saturated carbocycles. The van der Waals surface area contributed by atoms with Crippen LogP contribution < -0.4 is 4.74 Å². The maximum atomic E-state index is 6.07. The standard InChI is InChI=1S/C15H15ClN4O2S/c1-10-7-11(22-19-10)9-23-15-18-17-14(20(15)2)8-21-13-6-4-3-5-12(13)16/h3-7H,8-9H2,1-2H3. The molecule has 0 aliphatic carbocycles. The number of hydrogen-bond donors (Lipinski definition) is 0. The largest absolute Gasteiger partial charge is 0.484 e. The molecule has 8 heteroatoms. The van der Waals surface area contributed by atoms with Crippen molar-refractivity contribution in [1.82, 2.24) is 19.9 Å². The Kier molecular flexibility index (Phi) is 4.88. The first-order chi connectivity index (χ1) is 11.1. The summed E-state index contributed by atoms with van der Waals surface area (Å²) in [6.45, 7) is 2.19. The Morgan fingerprint density at radius 3 is 2.87 bits per heavy atom. The van der Waals surface area contributed by atoms with Gasteiger partial charge in [0, 0.05) is 13.1 Å². The summed E-state index contributed by atoms with van der Waals surface area (Å²) in [4.78, 5) is 0. The molecule has 0 amide bonds. The molecular formula is C15H15ClN4O2S. The van der Waals surface area contributed by atoms with Crippen LogP contribution >= 0.6 is 23.4 Å². The number of halogens is 1. The maximum absolute atomic E-state index is 6.07. The zero-order valence-corrected chi connectivity index (χ0v) is 14.3. The first-order valence-electron chi connectivity index (χ1n) is 6.94. The van der Waals surface area contributed by atoms with Gasteiger partial charge >= 0.3 is 0 Å². The lowest BCUT2D eigenvalue weighted by Crippen LogP contribution is -2.04. The van der Waals surface area contributed by atoms with E-state index in [0.29, 0.717) is 23.1 Å². The van der Waals surface area contributed by atoms with Crippen LogP contribution in [0.25, 0.3) is 0 Å². The molecule has 0 radical (unpaired) electrons. The van der Waals surface area contributed by atoms with Gasteiger partial charge in [-0.1, -0.05) is 40.7 Å². The summed E-state index contributed by atoms with van der Waals surface area (Å²) in [5.74, 6) is 2.81. The van der Waals surface area contributed by atoms with Gasteiger partial charge in [0.15, 0.2) is 11.0 Å². The van der Waals surface area contributed by atoms with Crippen LogP contribution in [0, 0.1) is 6.92 Å². The third-order valence-electron chi connectivity index (χ3n) is 3.14. The number of benzene rings is 1. The number of nitrogens with zero attached hydrogens (tertiary/aromatic N) is 4. The van der Waals surface area contributed by atoms with Crippen LogP contribution in [0.4, 0.5) is 0 Å². The lowest BCUT2D eigenvalue weighted by atomic mass is 10.3. The fourth-order valence-electron chi connectivity index (χ4n) is 1.92. The molecule has 0 N–H and O–H groups in total. The number of ether oxygens (including phenoxy) is 1. The molecule has 2 aromatic heterocycles. The van der Waals surface area contributed by atoms with E-state index in [-0.39, 0.29) is 0 Å². The SMILES string of the molecule is Cc1cc(CSc2nnc(COc3ccccc3Cl)n2C)on1. The van der Waals surface area contributed by atoms with Crippen LogP contribution in [0.2, 0.25) is 5.02 Å². The van der Waals surface area contributed by atoms with E-state index < -0.39 is 0 Å². The Hall–Kier alpha value is -1.99. The first kappa shape index (κ1) is 15.9. The molecular weight excluding hydrogens is 336 g/mol. The van der Waals surface area contributed by atoms with Gasteiger partial charge in [-0.25, -0.2) is 0 Å². The minimum Gasteiger partial charge on any atom is -0.484 e. The average molecular weight is 351 g/mol. The van der Waals surface area contributed by atoms with E-state index in [9.17, 15) is 0 Å². The lowest BCUT2D eigenvalue weighted by Gasteiger charge is -2.07. The second-order valence-electron chi connectivity index (χ2n) is 4.90. The summed E-state index contributed by atoms with van der Waals surface area (Å²) in [5.41, 5.74) is 0.868. The Labute approximate surface area is 142 Å². The maximum Gasteiger partial charge on any atom is 0.191 e. The van der Waals surface area contributed by atoms with Crippen molar-refractivity contribution in [2.45, 2.75) is 24.4 Å². The number of para-hydroxylation sites is 1. The van der Waals surface area contributed by atoms with Crippen molar-refractivity contribution in [1.29, 1.82) is 0 Å². The number of aryl methyl sites for hydroxylation is 1. The van der Waals surface area contributed by atoms with Crippen molar-refractivity contribution >= 4 is 23.4 Å². The van der Waals surface area contributed by atoms with Gasteiger partial charge in [0.1, 0.15) is 18.1 Å². The summed E-state index contributed by atoms with van der Waals surface area (Å²) >= 11 is 7.60. The fraction of sp³-hybridized carbons (Fsp3) is 0.267. The predicted molar refractivity (Wildman–Crippen MR) is 87.6 cm³/mol. The lowest BCUT2D eigenvalue weighted by molar-refractivity contribution is 0.290. The molecule has 6 nitrogen and oxygen atoms in total. The molecule has 0 aliphatic heterocycles. The monoisotopic (exact) mass is 350 g/mol. The van der Waals surface area contributed by atoms with Gasteiger partial charge in [-0.3, -0.25) is 0 Å². The molecule has 0 atom stereocenters. The van der Waals surface area contributed by atoms with Crippen molar-refractivity contribution < 1.29 is 9.26 Å². The second kappa shape index (κ2) is 7.06. The smallest absolute Gasteiger partial charge is 0.191 e. The van der Waals surface area contributed by atoms with Crippen LogP contribution in [0.3, 0.4) is 0 Å². The first-order valence-corrected chi connectivity index (χ1v) is 8.30. The second-order valence-corrected chi connectivity index (χ2v) is 6.25. The number of rotatable bonds is 6. The van der Waals surface area contributed by atoms with Gasteiger partial charge in [0.2, 0.25) is 0 Å². The van der Waals surface area contributed by atoms with Crippen molar-refractivity contribution in [3.8, 4) is 5.75 Å². The molecule has 2 heterocycles. The highest BCUT2D eigenvalue weighted by molar-refractivity contribution is 7.98. The van der Waals surface area contributed by atoms with E-state index in [1.165, 1.54) is 11.8 Å². The Morgan fingerprint density at radius 2 is 2.13 bits per heavy atom. The van der Waals surface area contributed by atoms with E-state index in [1.54, 1.807) is 6.07 Å². The summed E-state index contributed by atoms with van der Waals surface area (Å²) in [7, 11) is 1.90. The zero-order chi connectivity index (χ0) is 16.2. The predicted octanol–water partition coefficient (Wildman–Crippen LogP) is 3.64. The molecule has 0 saturated heterocycles. The highest BCUT2D eigenvalue weighted by Crippen LogP contribution is 2.25. The van der Waals surface area contributed by atoms with Crippen LogP contribution in [-0.2, 0) is 19.4 Å². The Morgan fingerprint density at radius 1 is 1.30 bits per heavy atom. The number of hydrogen-bond acceptors (Lipinski definition) is 6. The molecule has 0 fully saturated rings. The van der Waals surface area contributed by atoms with E-state index >= 15 is 0 Å². The van der Waals surface area contributed by atoms with Crippen molar-refractivity contribution in [2.24, 2.45) is 7.05 Å². The number of thioether (sulfide) groups is 1. The highest BCUT2D eigenvalue weighted by Gasteiger charge is 2.12. The van der Waals surface area contributed by atoms with E-state index in [0.717, 1.165) is 22.4 Å². The molecule has 0 aliphatic rings. The fourth-order valence-corrected chi connectivity index (χ4v) is 2.92. The summed E-state index contributed by atoms with van der Waals surface area (Å²) in [6, 6.07) is 9.25. The quantitative estimate of drug-likeness (QED) is 0.632. The highest BCUT2D eigenvalue weighted by atomic mass is 35.5. The Bertz CT molecular complexity index is 802. The average Bonchev–Trinajstić information content (AvgIpc) is 3.11. The van der Waals surface area contributed by atoms with E-state index in [4.69, 9.17) is 20.9 Å². The zero-order valence-electron chi connectivity index (χ0n) is 12.7. The van der Waals surface area contributed by atoms with Gasteiger partial charge in [-0.05, 0) is 19.1 Å². The number of aromatic nitrogens is 4. The Balaban J connectivity index is 1.61. The van der Waals surface area contributed by atoms with Crippen LogP contribution in [0.15, 0.2) is 40.0 Å². The van der Waals surface area contributed by atoms with Gasteiger partial charge < -0.3 is 13.8 Å². The molecule has 3 rings (SSSR count). The molecule has 1 aromatic carbocycles. The van der Waals surface area contributed by atoms with Gasteiger partial charge in [0.05, 0.1) is 16.5 Å². The van der Waals surface area contributed by atoms with Gasteiger partial charge in [-0.15, -0.1) is 10.2 Å². The molecule has 0 bridgehead atoms. The topological polar surface area (TPSA) is 66.0 Å².